The number of rotatable bonds is 5. The Labute approximate surface area is 189 Å². The Kier molecular flexibility index (Phi) is 4.57. The van der Waals surface area contributed by atoms with E-state index >= 15 is 0 Å². The van der Waals surface area contributed by atoms with Gasteiger partial charge in [0.05, 0.1) is 16.2 Å². The SMILES string of the molecule is O=S(=O)(NC1c2cccc3cccc(c23)C1Sc1nc2ccccc2o1)c1ccccc1. The van der Waals surface area contributed by atoms with Gasteiger partial charge in [-0.25, -0.2) is 18.1 Å². The zero-order chi connectivity index (χ0) is 21.7. The fourth-order valence-electron chi connectivity index (χ4n) is 4.34. The van der Waals surface area contributed by atoms with Gasteiger partial charge in [-0.2, -0.15) is 0 Å². The fourth-order valence-corrected chi connectivity index (χ4v) is 6.86. The Morgan fingerprint density at radius 3 is 2.31 bits per heavy atom. The lowest BCUT2D eigenvalue weighted by atomic mass is 10.1. The Hall–Kier alpha value is -3.13. The second-order valence-corrected chi connectivity index (χ2v) is 10.5. The first kappa shape index (κ1) is 19.5. The van der Waals surface area contributed by atoms with Crippen LogP contribution in [0.5, 0.6) is 0 Å². The van der Waals surface area contributed by atoms with Crippen LogP contribution in [-0.2, 0) is 10.0 Å². The molecule has 7 heteroatoms. The molecule has 6 rings (SSSR count). The van der Waals surface area contributed by atoms with Crippen molar-refractivity contribution in [1.82, 2.24) is 9.71 Å². The number of aromatic nitrogens is 1. The summed E-state index contributed by atoms with van der Waals surface area (Å²) >= 11 is 1.45. The number of fused-ring (bicyclic) bond motifs is 1. The molecule has 0 aliphatic heterocycles. The molecule has 32 heavy (non-hydrogen) atoms. The first-order valence-electron chi connectivity index (χ1n) is 10.2. The Bertz CT molecular complexity index is 1520. The number of hydrogen-bond acceptors (Lipinski definition) is 5. The Morgan fingerprint density at radius 2 is 1.53 bits per heavy atom. The van der Waals surface area contributed by atoms with Gasteiger partial charge in [-0.15, -0.1) is 0 Å². The number of hydrogen-bond donors (Lipinski definition) is 1. The third-order valence-electron chi connectivity index (χ3n) is 5.75. The molecule has 158 valence electrons. The lowest BCUT2D eigenvalue weighted by molar-refractivity contribution is 0.485. The van der Waals surface area contributed by atoms with Gasteiger partial charge in [0, 0.05) is 0 Å². The van der Waals surface area contributed by atoms with Crippen LogP contribution in [0.25, 0.3) is 21.9 Å². The molecule has 1 aliphatic rings. The standard InChI is InChI=1S/C25H18N2O3S2/c28-32(29,17-10-2-1-3-11-17)27-23-18-12-6-8-16-9-7-13-19(22(16)18)24(23)31-25-26-20-14-4-5-15-21(20)30-25/h1-15,23-24,27H. The summed E-state index contributed by atoms with van der Waals surface area (Å²) in [6.07, 6.45) is 0. The average Bonchev–Trinajstić information content (AvgIpc) is 3.35. The van der Waals surface area contributed by atoms with Crippen molar-refractivity contribution < 1.29 is 12.8 Å². The smallest absolute Gasteiger partial charge is 0.257 e. The molecule has 0 amide bonds. The highest BCUT2D eigenvalue weighted by Gasteiger charge is 2.38. The second kappa shape index (κ2) is 7.48. The summed E-state index contributed by atoms with van der Waals surface area (Å²) in [7, 11) is -3.72. The summed E-state index contributed by atoms with van der Waals surface area (Å²) in [4.78, 5) is 4.86. The predicted molar refractivity (Wildman–Crippen MR) is 126 cm³/mol. The van der Waals surface area contributed by atoms with Gasteiger partial charge in [-0.3, -0.25) is 0 Å². The van der Waals surface area contributed by atoms with Crippen LogP contribution in [0.4, 0.5) is 0 Å². The van der Waals surface area contributed by atoms with Gasteiger partial charge < -0.3 is 4.42 Å². The highest BCUT2D eigenvalue weighted by atomic mass is 32.2. The van der Waals surface area contributed by atoms with E-state index in [0.717, 1.165) is 27.4 Å². The van der Waals surface area contributed by atoms with Crippen LogP contribution in [0, 0.1) is 0 Å². The monoisotopic (exact) mass is 458 g/mol. The van der Waals surface area contributed by atoms with Crippen LogP contribution in [0.2, 0.25) is 0 Å². The molecule has 1 aromatic heterocycles. The van der Waals surface area contributed by atoms with Gasteiger partial charge in [-0.1, -0.05) is 78.5 Å². The number of sulfonamides is 1. The van der Waals surface area contributed by atoms with E-state index in [2.05, 4.69) is 27.9 Å². The number of thioether (sulfide) groups is 1. The van der Waals surface area contributed by atoms with Crippen molar-refractivity contribution in [2.45, 2.75) is 21.4 Å². The maximum atomic E-state index is 13.2. The highest BCUT2D eigenvalue weighted by Crippen LogP contribution is 2.53. The molecule has 2 unspecified atom stereocenters. The second-order valence-electron chi connectivity index (χ2n) is 7.69. The number of benzene rings is 4. The molecule has 1 aliphatic carbocycles. The van der Waals surface area contributed by atoms with Crippen LogP contribution in [0.3, 0.4) is 0 Å². The van der Waals surface area contributed by atoms with Crippen LogP contribution in [-0.4, -0.2) is 13.4 Å². The lowest BCUT2D eigenvalue weighted by Crippen LogP contribution is -2.29. The van der Waals surface area contributed by atoms with Crippen molar-refractivity contribution >= 4 is 43.7 Å². The van der Waals surface area contributed by atoms with Crippen molar-refractivity contribution in [2.75, 3.05) is 0 Å². The van der Waals surface area contributed by atoms with E-state index in [9.17, 15) is 8.42 Å². The summed E-state index contributed by atoms with van der Waals surface area (Å²) < 4.78 is 35.4. The summed E-state index contributed by atoms with van der Waals surface area (Å²) in [6, 6.07) is 27.8. The maximum absolute atomic E-state index is 13.2. The quantitative estimate of drug-likeness (QED) is 0.358. The molecular formula is C25H18N2O3S2. The molecular weight excluding hydrogens is 440 g/mol. The minimum absolute atomic E-state index is 0.220. The van der Waals surface area contributed by atoms with Gasteiger partial charge in [0.2, 0.25) is 10.0 Å². The zero-order valence-corrected chi connectivity index (χ0v) is 18.4. The van der Waals surface area contributed by atoms with Crippen LogP contribution in [0.1, 0.15) is 22.4 Å². The Morgan fingerprint density at radius 1 is 0.812 bits per heavy atom. The molecule has 1 N–H and O–H groups in total. The third-order valence-corrected chi connectivity index (χ3v) is 8.36. The summed E-state index contributed by atoms with van der Waals surface area (Å²) in [5.41, 5.74) is 3.53. The molecule has 5 nitrogen and oxygen atoms in total. The first-order chi connectivity index (χ1) is 15.6. The molecule has 0 spiro atoms. The number of nitrogens with zero attached hydrogens (tertiary/aromatic N) is 1. The fraction of sp³-hybridized carbons (Fsp3) is 0.0800. The van der Waals surface area contributed by atoms with Crippen LogP contribution in [0.15, 0.2) is 106 Å². The van der Waals surface area contributed by atoms with Crippen LogP contribution >= 0.6 is 11.8 Å². The average molecular weight is 459 g/mol. The van der Waals surface area contributed by atoms with Gasteiger partial charge in [0.25, 0.3) is 5.22 Å². The normalized spacial score (nSPS) is 17.9. The van der Waals surface area contributed by atoms with Crippen molar-refractivity contribution in [2.24, 2.45) is 0 Å². The van der Waals surface area contributed by atoms with E-state index in [1.165, 1.54) is 11.8 Å². The highest BCUT2D eigenvalue weighted by molar-refractivity contribution is 7.99. The molecule has 0 saturated carbocycles. The molecule has 0 bridgehead atoms. The minimum Gasteiger partial charge on any atom is -0.431 e. The third kappa shape index (κ3) is 3.21. The first-order valence-corrected chi connectivity index (χ1v) is 12.6. The molecule has 0 radical (unpaired) electrons. The molecule has 2 atom stereocenters. The summed E-state index contributed by atoms with van der Waals surface area (Å²) in [5.74, 6) is 0. The summed E-state index contributed by atoms with van der Waals surface area (Å²) in [6.45, 7) is 0. The number of para-hydroxylation sites is 2. The molecule has 1 heterocycles. The predicted octanol–water partition coefficient (Wildman–Crippen LogP) is 5.85. The van der Waals surface area contributed by atoms with Crippen molar-refractivity contribution in [1.29, 1.82) is 0 Å². The van der Waals surface area contributed by atoms with E-state index in [1.54, 1.807) is 30.3 Å². The van der Waals surface area contributed by atoms with Gasteiger partial charge in [0.1, 0.15) is 5.52 Å². The van der Waals surface area contributed by atoms with E-state index in [0.29, 0.717) is 10.8 Å². The van der Waals surface area contributed by atoms with Crippen molar-refractivity contribution in [3.05, 3.63) is 102 Å². The Balaban J connectivity index is 1.45. The van der Waals surface area contributed by atoms with Crippen molar-refractivity contribution in [3.8, 4) is 0 Å². The maximum Gasteiger partial charge on any atom is 0.257 e. The van der Waals surface area contributed by atoms with Gasteiger partial charge in [0.15, 0.2) is 5.58 Å². The number of oxazole rings is 1. The minimum atomic E-state index is -3.72. The van der Waals surface area contributed by atoms with Gasteiger partial charge >= 0.3 is 0 Å². The van der Waals surface area contributed by atoms with Crippen molar-refractivity contribution in [3.63, 3.8) is 0 Å². The molecule has 0 fully saturated rings. The lowest BCUT2D eigenvalue weighted by Gasteiger charge is -2.21. The number of nitrogens with one attached hydrogen (secondary N) is 1. The van der Waals surface area contributed by atoms with E-state index in [1.807, 2.05) is 42.5 Å². The molecule has 5 aromatic rings. The van der Waals surface area contributed by atoms with E-state index in [-0.39, 0.29) is 10.1 Å². The topological polar surface area (TPSA) is 72.2 Å². The largest absolute Gasteiger partial charge is 0.431 e. The zero-order valence-electron chi connectivity index (χ0n) is 16.8. The van der Waals surface area contributed by atoms with E-state index in [4.69, 9.17) is 4.42 Å². The molecule has 4 aromatic carbocycles. The molecule has 0 saturated heterocycles. The van der Waals surface area contributed by atoms with Gasteiger partial charge in [-0.05, 0) is 46.2 Å². The summed E-state index contributed by atoms with van der Waals surface area (Å²) in [5, 5.41) is 2.47. The van der Waals surface area contributed by atoms with Crippen LogP contribution < -0.4 is 4.72 Å². The van der Waals surface area contributed by atoms with E-state index < -0.39 is 16.1 Å².